The van der Waals surface area contributed by atoms with E-state index in [0.29, 0.717) is 6.54 Å². The zero-order chi connectivity index (χ0) is 14.4. The van der Waals surface area contributed by atoms with Crippen LogP contribution in [-0.4, -0.2) is 28.9 Å². The standard InChI is InChI=1S/C14H19NO3S/c1-8-5-6-19-9(8)7-15(4)12(16)10-11(13(17)18)14(10,2)3/h5-6,10-11H,7H2,1-4H3,(H,17,18)/t10-,11+/m0/s1. The van der Waals surface area contributed by atoms with Crippen molar-refractivity contribution in [2.24, 2.45) is 17.3 Å². The molecule has 0 aromatic carbocycles. The zero-order valence-corrected chi connectivity index (χ0v) is 12.5. The number of carboxylic acid groups (broad SMARTS) is 1. The molecule has 1 aromatic heterocycles. The lowest BCUT2D eigenvalue weighted by molar-refractivity contribution is -0.141. The highest BCUT2D eigenvalue weighted by Gasteiger charge is 2.66. The molecule has 0 saturated heterocycles. The largest absolute Gasteiger partial charge is 0.481 e. The molecule has 104 valence electrons. The van der Waals surface area contributed by atoms with Crippen molar-refractivity contribution >= 4 is 23.2 Å². The fourth-order valence-corrected chi connectivity index (χ4v) is 3.61. The minimum Gasteiger partial charge on any atom is -0.481 e. The second-order valence-electron chi connectivity index (χ2n) is 5.84. The number of rotatable bonds is 4. The van der Waals surface area contributed by atoms with Crippen LogP contribution in [0.25, 0.3) is 0 Å². The van der Waals surface area contributed by atoms with Crippen LogP contribution in [0.5, 0.6) is 0 Å². The molecule has 5 heteroatoms. The lowest BCUT2D eigenvalue weighted by Gasteiger charge is -2.17. The maximum Gasteiger partial charge on any atom is 0.307 e. The van der Waals surface area contributed by atoms with Gasteiger partial charge in [0.1, 0.15) is 0 Å². The molecule has 1 amide bonds. The first-order valence-electron chi connectivity index (χ1n) is 6.27. The molecule has 0 aliphatic heterocycles. The molecule has 2 rings (SSSR count). The van der Waals surface area contributed by atoms with Crippen LogP contribution < -0.4 is 0 Å². The van der Waals surface area contributed by atoms with E-state index >= 15 is 0 Å². The summed E-state index contributed by atoms with van der Waals surface area (Å²) in [5, 5.41) is 11.1. The smallest absolute Gasteiger partial charge is 0.307 e. The van der Waals surface area contributed by atoms with Gasteiger partial charge in [0, 0.05) is 11.9 Å². The molecule has 1 aliphatic rings. The van der Waals surface area contributed by atoms with Gasteiger partial charge in [-0.25, -0.2) is 0 Å². The third kappa shape index (κ3) is 2.39. The molecular weight excluding hydrogens is 262 g/mol. The van der Waals surface area contributed by atoms with Crippen molar-refractivity contribution < 1.29 is 14.7 Å². The molecule has 1 aromatic rings. The first-order chi connectivity index (χ1) is 8.76. The Morgan fingerprint density at radius 3 is 2.47 bits per heavy atom. The average Bonchev–Trinajstić information content (AvgIpc) is 2.66. The van der Waals surface area contributed by atoms with Gasteiger partial charge in [0.25, 0.3) is 0 Å². The van der Waals surface area contributed by atoms with Gasteiger partial charge in [0.15, 0.2) is 0 Å². The number of carboxylic acids is 1. The number of thiophene rings is 1. The number of hydrogen-bond donors (Lipinski definition) is 1. The number of aryl methyl sites for hydroxylation is 1. The summed E-state index contributed by atoms with van der Waals surface area (Å²) in [7, 11) is 1.74. The highest BCUT2D eigenvalue weighted by Crippen LogP contribution is 2.59. The number of nitrogens with zero attached hydrogens (tertiary/aromatic N) is 1. The number of hydrogen-bond acceptors (Lipinski definition) is 3. The molecular formula is C14H19NO3S. The van der Waals surface area contributed by atoms with Gasteiger partial charge >= 0.3 is 5.97 Å². The summed E-state index contributed by atoms with van der Waals surface area (Å²) in [5.41, 5.74) is 0.747. The van der Waals surface area contributed by atoms with E-state index in [4.69, 9.17) is 5.11 Å². The van der Waals surface area contributed by atoms with Crippen LogP contribution in [0, 0.1) is 24.2 Å². The fourth-order valence-electron chi connectivity index (χ4n) is 2.66. The minimum absolute atomic E-state index is 0.0646. The molecule has 19 heavy (non-hydrogen) atoms. The Kier molecular flexibility index (Phi) is 3.43. The molecule has 0 bridgehead atoms. The molecule has 1 saturated carbocycles. The number of carbonyl (C=O) groups excluding carboxylic acids is 1. The first kappa shape index (κ1) is 14.1. The maximum atomic E-state index is 12.3. The fraction of sp³-hybridized carbons (Fsp3) is 0.571. The summed E-state index contributed by atoms with van der Waals surface area (Å²) >= 11 is 1.62. The van der Waals surface area contributed by atoms with Gasteiger partial charge < -0.3 is 10.0 Å². The maximum absolute atomic E-state index is 12.3. The van der Waals surface area contributed by atoms with Gasteiger partial charge in [0.2, 0.25) is 5.91 Å². The normalized spacial score (nSPS) is 24.0. The van der Waals surface area contributed by atoms with Crippen LogP contribution in [0.1, 0.15) is 24.3 Å². The van der Waals surface area contributed by atoms with Crippen LogP contribution in [0.2, 0.25) is 0 Å². The summed E-state index contributed by atoms with van der Waals surface area (Å²) in [4.78, 5) is 26.3. The van der Waals surface area contributed by atoms with Crippen molar-refractivity contribution in [2.75, 3.05) is 7.05 Å². The van der Waals surface area contributed by atoms with E-state index in [-0.39, 0.29) is 5.91 Å². The minimum atomic E-state index is -0.871. The first-order valence-corrected chi connectivity index (χ1v) is 7.15. The molecule has 0 spiro atoms. The van der Waals surface area contributed by atoms with Crippen molar-refractivity contribution in [3.8, 4) is 0 Å². The van der Waals surface area contributed by atoms with Crippen LogP contribution in [0.15, 0.2) is 11.4 Å². The lowest BCUT2D eigenvalue weighted by Crippen LogP contribution is -2.29. The number of aliphatic carboxylic acids is 1. The second-order valence-corrected chi connectivity index (χ2v) is 6.84. The molecule has 4 nitrogen and oxygen atoms in total. The zero-order valence-electron chi connectivity index (χ0n) is 11.6. The van der Waals surface area contributed by atoms with E-state index in [0.717, 1.165) is 4.88 Å². The van der Waals surface area contributed by atoms with Crippen LogP contribution in [0.4, 0.5) is 0 Å². The Balaban J connectivity index is 2.05. The molecule has 1 aliphatic carbocycles. The van der Waals surface area contributed by atoms with Gasteiger partial charge in [-0.15, -0.1) is 11.3 Å². The van der Waals surface area contributed by atoms with Crippen molar-refractivity contribution in [1.29, 1.82) is 0 Å². The van der Waals surface area contributed by atoms with Crippen LogP contribution in [-0.2, 0) is 16.1 Å². The lowest BCUT2D eigenvalue weighted by atomic mass is 10.1. The molecule has 1 fully saturated rings. The van der Waals surface area contributed by atoms with Crippen molar-refractivity contribution in [1.82, 2.24) is 4.90 Å². The predicted octanol–water partition coefficient (Wildman–Crippen LogP) is 2.37. The van der Waals surface area contributed by atoms with Gasteiger partial charge in [0.05, 0.1) is 18.4 Å². The van der Waals surface area contributed by atoms with Gasteiger partial charge in [-0.3, -0.25) is 9.59 Å². The SMILES string of the molecule is Cc1ccsc1CN(C)C(=O)[C@@H]1[C@H](C(=O)O)C1(C)C. The van der Waals surface area contributed by atoms with Gasteiger partial charge in [-0.2, -0.15) is 0 Å². The Labute approximate surface area is 117 Å². The van der Waals surface area contributed by atoms with Gasteiger partial charge in [-0.05, 0) is 29.3 Å². The van der Waals surface area contributed by atoms with Crippen molar-refractivity contribution in [3.63, 3.8) is 0 Å². The Bertz CT molecular complexity index is 521. The highest BCUT2D eigenvalue weighted by molar-refractivity contribution is 7.10. The van der Waals surface area contributed by atoms with Crippen molar-refractivity contribution in [2.45, 2.75) is 27.3 Å². The Morgan fingerprint density at radius 2 is 2.05 bits per heavy atom. The quantitative estimate of drug-likeness (QED) is 0.921. The second kappa shape index (κ2) is 4.63. The summed E-state index contributed by atoms with van der Waals surface area (Å²) in [6.07, 6.45) is 0. The molecule has 1 heterocycles. The highest BCUT2D eigenvalue weighted by atomic mass is 32.1. The van der Waals surface area contributed by atoms with E-state index in [1.54, 1.807) is 23.3 Å². The average molecular weight is 281 g/mol. The number of carbonyl (C=O) groups is 2. The molecule has 1 N–H and O–H groups in total. The van der Waals surface area contributed by atoms with Gasteiger partial charge in [-0.1, -0.05) is 13.8 Å². The summed E-state index contributed by atoms with van der Waals surface area (Å²) < 4.78 is 0. The summed E-state index contributed by atoms with van der Waals surface area (Å²) in [5.74, 6) is -1.88. The van der Waals surface area contributed by atoms with E-state index in [9.17, 15) is 9.59 Å². The molecule has 2 atom stereocenters. The monoisotopic (exact) mass is 281 g/mol. The van der Waals surface area contributed by atoms with Crippen LogP contribution >= 0.6 is 11.3 Å². The van der Waals surface area contributed by atoms with E-state index in [1.807, 2.05) is 32.2 Å². The summed E-state index contributed by atoms with van der Waals surface area (Å²) in [6.45, 7) is 6.27. The third-order valence-corrected chi connectivity index (χ3v) is 5.09. The van der Waals surface area contributed by atoms with Crippen molar-refractivity contribution in [3.05, 3.63) is 21.9 Å². The third-order valence-electron chi connectivity index (χ3n) is 4.08. The van der Waals surface area contributed by atoms with Crippen LogP contribution in [0.3, 0.4) is 0 Å². The molecule has 0 unspecified atom stereocenters. The Hall–Kier alpha value is -1.36. The van der Waals surface area contributed by atoms with E-state index < -0.39 is 23.2 Å². The van der Waals surface area contributed by atoms with E-state index in [2.05, 4.69) is 0 Å². The Morgan fingerprint density at radius 1 is 1.42 bits per heavy atom. The number of amides is 1. The predicted molar refractivity (Wildman–Crippen MR) is 73.9 cm³/mol. The van der Waals surface area contributed by atoms with E-state index in [1.165, 1.54) is 5.56 Å². The summed E-state index contributed by atoms with van der Waals surface area (Å²) in [6, 6.07) is 2.03. The topological polar surface area (TPSA) is 57.6 Å². The molecule has 0 radical (unpaired) electrons.